The summed E-state index contributed by atoms with van der Waals surface area (Å²) in [5.41, 5.74) is 1.22. The van der Waals surface area contributed by atoms with Crippen LogP contribution in [0.4, 0.5) is 4.79 Å². The maximum absolute atomic E-state index is 11.2. The first-order valence-electron chi connectivity index (χ1n) is 5.55. The molecule has 1 aromatic rings. The van der Waals surface area contributed by atoms with Gasteiger partial charge in [0.25, 0.3) is 0 Å². The van der Waals surface area contributed by atoms with Crippen LogP contribution < -0.4 is 5.32 Å². The number of hydrogen-bond acceptors (Lipinski definition) is 4. The third-order valence-corrected chi connectivity index (χ3v) is 2.18. The quantitative estimate of drug-likeness (QED) is 0.653. The second-order valence-electron chi connectivity index (χ2n) is 3.50. The van der Waals surface area contributed by atoms with Crippen molar-refractivity contribution in [2.45, 2.75) is 6.61 Å². The molecule has 1 rings (SSSR count). The van der Waals surface area contributed by atoms with E-state index in [4.69, 9.17) is 4.74 Å². The first-order valence-corrected chi connectivity index (χ1v) is 5.55. The summed E-state index contributed by atoms with van der Waals surface area (Å²) in [6.07, 6.45) is 3.98. The molecule has 0 bridgehead atoms. The molecule has 0 saturated heterocycles. The van der Waals surface area contributed by atoms with Gasteiger partial charge in [0, 0.05) is 6.20 Å². The van der Waals surface area contributed by atoms with E-state index in [-0.39, 0.29) is 6.61 Å². The summed E-state index contributed by atoms with van der Waals surface area (Å²) >= 11 is 0. The molecule has 100 valence electrons. The average Bonchev–Trinajstić information content (AvgIpc) is 2.45. The number of esters is 1. The van der Waals surface area contributed by atoms with Gasteiger partial charge in [0.15, 0.2) is 0 Å². The predicted molar refractivity (Wildman–Crippen MR) is 70.4 cm³/mol. The number of amides is 1. The molecular weight excluding hydrogens is 246 g/mol. The minimum Gasteiger partial charge on any atom is -0.465 e. The van der Waals surface area contributed by atoms with Crippen molar-refractivity contribution in [3.63, 3.8) is 0 Å². The predicted octanol–water partition coefficient (Wildman–Crippen LogP) is 2.40. The minimum absolute atomic E-state index is 0.120. The van der Waals surface area contributed by atoms with Crippen molar-refractivity contribution < 1.29 is 19.1 Å². The van der Waals surface area contributed by atoms with Gasteiger partial charge in [-0.2, -0.15) is 0 Å². The van der Waals surface area contributed by atoms with Crippen LogP contribution in [0.2, 0.25) is 0 Å². The van der Waals surface area contributed by atoms with Crippen molar-refractivity contribution in [2.24, 2.45) is 0 Å². The molecule has 0 aliphatic heterocycles. The molecule has 0 aliphatic carbocycles. The lowest BCUT2D eigenvalue weighted by Crippen LogP contribution is -2.18. The van der Waals surface area contributed by atoms with Crippen molar-refractivity contribution >= 4 is 12.1 Å². The fourth-order valence-corrected chi connectivity index (χ4v) is 1.23. The smallest absolute Gasteiger partial charge is 0.411 e. The maximum atomic E-state index is 11.2. The van der Waals surface area contributed by atoms with Gasteiger partial charge in [-0.3, -0.25) is 5.32 Å². The number of carbonyl (C=O) groups excluding carboxylic acids is 2. The molecular formula is C14H15NO4. The fraction of sp³-hybridized carbons (Fsp3) is 0.143. The maximum Gasteiger partial charge on any atom is 0.411 e. The van der Waals surface area contributed by atoms with Crippen LogP contribution >= 0.6 is 0 Å². The third kappa shape index (κ3) is 5.08. The fourth-order valence-electron chi connectivity index (χ4n) is 1.23. The van der Waals surface area contributed by atoms with Crippen LogP contribution in [-0.4, -0.2) is 19.2 Å². The highest BCUT2D eigenvalue weighted by Crippen LogP contribution is 2.07. The summed E-state index contributed by atoms with van der Waals surface area (Å²) in [6, 6.07) is 6.61. The Morgan fingerprint density at radius 3 is 2.58 bits per heavy atom. The van der Waals surface area contributed by atoms with Gasteiger partial charge in [-0.1, -0.05) is 24.8 Å². The van der Waals surface area contributed by atoms with E-state index in [9.17, 15) is 9.59 Å². The number of methoxy groups -OCH3 is 1. The van der Waals surface area contributed by atoms with Gasteiger partial charge in [-0.05, 0) is 23.8 Å². The number of ether oxygens (including phenoxy) is 2. The molecule has 19 heavy (non-hydrogen) atoms. The monoisotopic (exact) mass is 261 g/mol. The second kappa shape index (κ2) is 7.71. The normalized spacial score (nSPS) is 9.95. The number of benzene rings is 1. The first kappa shape index (κ1) is 14.5. The number of nitrogens with one attached hydrogen (secondary N) is 1. The zero-order chi connectivity index (χ0) is 14.1. The molecule has 1 N–H and O–H groups in total. The van der Waals surface area contributed by atoms with Crippen molar-refractivity contribution in [3.05, 3.63) is 60.3 Å². The van der Waals surface area contributed by atoms with Gasteiger partial charge >= 0.3 is 12.1 Å². The Labute approximate surface area is 111 Å². The lowest BCUT2D eigenvalue weighted by Gasteiger charge is -2.05. The van der Waals surface area contributed by atoms with E-state index >= 15 is 0 Å². The number of alkyl carbamates (subject to hydrolysis) is 1. The molecule has 0 aromatic heterocycles. The summed E-state index contributed by atoms with van der Waals surface area (Å²) in [5.74, 6) is -0.403. The topological polar surface area (TPSA) is 64.6 Å². The molecule has 0 spiro atoms. The molecule has 1 aromatic carbocycles. The van der Waals surface area contributed by atoms with Crippen LogP contribution in [0.25, 0.3) is 0 Å². The van der Waals surface area contributed by atoms with E-state index in [0.29, 0.717) is 5.56 Å². The van der Waals surface area contributed by atoms with Crippen molar-refractivity contribution in [1.82, 2.24) is 5.32 Å². The Morgan fingerprint density at radius 2 is 2.00 bits per heavy atom. The van der Waals surface area contributed by atoms with Crippen LogP contribution in [0.5, 0.6) is 0 Å². The van der Waals surface area contributed by atoms with Crippen LogP contribution in [0.1, 0.15) is 15.9 Å². The average molecular weight is 261 g/mol. The Hall–Kier alpha value is -2.56. The molecule has 0 atom stereocenters. The zero-order valence-corrected chi connectivity index (χ0v) is 10.6. The molecule has 5 nitrogen and oxygen atoms in total. The van der Waals surface area contributed by atoms with E-state index in [1.54, 1.807) is 30.3 Å². The Balaban J connectivity index is 2.45. The second-order valence-corrected chi connectivity index (χ2v) is 3.50. The van der Waals surface area contributed by atoms with Crippen LogP contribution in [-0.2, 0) is 16.1 Å². The summed E-state index contributed by atoms with van der Waals surface area (Å²) in [6.45, 7) is 3.58. The van der Waals surface area contributed by atoms with Crippen molar-refractivity contribution in [2.75, 3.05) is 7.11 Å². The summed E-state index contributed by atoms with van der Waals surface area (Å²) in [5, 5.41) is 2.41. The number of carbonyl (C=O) groups is 2. The van der Waals surface area contributed by atoms with Crippen LogP contribution in [0, 0.1) is 0 Å². The summed E-state index contributed by atoms with van der Waals surface area (Å²) in [4.78, 5) is 22.4. The Kier molecular flexibility index (Phi) is 5.88. The zero-order valence-electron chi connectivity index (χ0n) is 10.6. The van der Waals surface area contributed by atoms with Gasteiger partial charge < -0.3 is 9.47 Å². The van der Waals surface area contributed by atoms with Crippen LogP contribution in [0.15, 0.2) is 49.2 Å². The lowest BCUT2D eigenvalue weighted by molar-refractivity contribution is 0.0600. The Morgan fingerprint density at radius 1 is 1.32 bits per heavy atom. The van der Waals surface area contributed by atoms with Gasteiger partial charge in [0.1, 0.15) is 6.61 Å². The van der Waals surface area contributed by atoms with Gasteiger partial charge in [0.05, 0.1) is 12.7 Å². The minimum atomic E-state index is -0.560. The molecule has 5 heteroatoms. The van der Waals surface area contributed by atoms with Gasteiger partial charge in [0.2, 0.25) is 0 Å². The van der Waals surface area contributed by atoms with E-state index in [1.807, 2.05) is 0 Å². The van der Waals surface area contributed by atoms with E-state index in [1.165, 1.54) is 19.4 Å². The van der Waals surface area contributed by atoms with Crippen molar-refractivity contribution in [3.8, 4) is 0 Å². The lowest BCUT2D eigenvalue weighted by atomic mass is 10.1. The van der Waals surface area contributed by atoms with Gasteiger partial charge in [-0.25, -0.2) is 9.59 Å². The highest BCUT2D eigenvalue weighted by Gasteiger charge is 2.05. The summed E-state index contributed by atoms with van der Waals surface area (Å²) < 4.78 is 9.53. The summed E-state index contributed by atoms with van der Waals surface area (Å²) in [7, 11) is 1.32. The molecule has 0 radical (unpaired) electrons. The van der Waals surface area contributed by atoms with Crippen LogP contribution in [0.3, 0.4) is 0 Å². The molecule has 0 fully saturated rings. The first-order chi connectivity index (χ1) is 9.17. The molecule has 0 heterocycles. The SMILES string of the molecule is C=C/C=C/NC(=O)OCc1ccc(C(=O)OC)cc1. The highest BCUT2D eigenvalue weighted by atomic mass is 16.5. The number of rotatable bonds is 5. The third-order valence-electron chi connectivity index (χ3n) is 2.18. The van der Waals surface area contributed by atoms with Gasteiger partial charge in [-0.15, -0.1) is 0 Å². The molecule has 0 saturated carbocycles. The van der Waals surface area contributed by atoms with Crippen molar-refractivity contribution in [1.29, 1.82) is 0 Å². The van der Waals surface area contributed by atoms with E-state index < -0.39 is 12.1 Å². The highest BCUT2D eigenvalue weighted by molar-refractivity contribution is 5.89. The standard InChI is InChI=1S/C14H15NO4/c1-3-4-9-15-14(17)19-10-11-5-7-12(8-6-11)13(16)18-2/h3-9H,1,10H2,2H3,(H,15,17)/b9-4+. The number of allylic oxidation sites excluding steroid dienone is 2. The molecule has 0 aliphatic rings. The Bertz CT molecular complexity index is 477. The van der Waals surface area contributed by atoms with E-state index in [2.05, 4.69) is 16.6 Å². The molecule has 0 unspecified atom stereocenters. The van der Waals surface area contributed by atoms with E-state index in [0.717, 1.165) is 5.56 Å². The number of hydrogen-bond donors (Lipinski definition) is 1. The largest absolute Gasteiger partial charge is 0.465 e. The molecule has 1 amide bonds.